The maximum Gasteiger partial charge on any atom is 0.272 e. The Morgan fingerprint density at radius 2 is 1.36 bits per heavy atom. The molecule has 0 radical (unpaired) electrons. The number of ether oxygens (including phenoxy) is 1. The Kier molecular flexibility index (Phi) is 6.53. The number of rotatable bonds is 5. The predicted molar refractivity (Wildman–Crippen MR) is 109 cm³/mol. The van der Waals surface area contributed by atoms with Crippen LogP contribution in [0, 0.1) is 0 Å². The number of hydrazine groups is 1. The monoisotopic (exact) mass is 414 g/mol. The summed E-state index contributed by atoms with van der Waals surface area (Å²) in [7, 11) is 0. The van der Waals surface area contributed by atoms with Crippen molar-refractivity contribution in [3.8, 4) is 5.75 Å². The molecule has 7 heteroatoms. The molecule has 0 aliphatic heterocycles. The molecule has 2 amide bonds. The van der Waals surface area contributed by atoms with Crippen LogP contribution < -0.4 is 15.6 Å². The fourth-order valence-corrected chi connectivity index (χ4v) is 2.98. The molecule has 0 aliphatic rings. The van der Waals surface area contributed by atoms with E-state index in [2.05, 4.69) is 10.9 Å². The number of hydrogen-bond donors (Lipinski definition) is 2. The van der Waals surface area contributed by atoms with Crippen molar-refractivity contribution in [2.75, 3.05) is 0 Å². The van der Waals surface area contributed by atoms with Gasteiger partial charge in [0.2, 0.25) is 0 Å². The SMILES string of the molecule is O=C(NNC(=O)c1c(Cl)cccc1Cl)c1ccc(OCc2ccccc2)cc1. The number of nitrogens with one attached hydrogen (secondary N) is 2. The smallest absolute Gasteiger partial charge is 0.272 e. The molecule has 5 nitrogen and oxygen atoms in total. The number of amides is 2. The minimum absolute atomic E-state index is 0.0933. The molecule has 0 saturated carbocycles. The average molecular weight is 415 g/mol. The molecular formula is C21H16Cl2N2O3. The van der Waals surface area contributed by atoms with Gasteiger partial charge in [-0.2, -0.15) is 0 Å². The molecule has 3 aromatic rings. The van der Waals surface area contributed by atoms with Crippen molar-refractivity contribution >= 4 is 35.0 Å². The van der Waals surface area contributed by atoms with E-state index in [1.807, 2.05) is 30.3 Å². The first-order valence-corrected chi connectivity index (χ1v) is 9.11. The van der Waals surface area contributed by atoms with Crippen LogP contribution in [-0.2, 0) is 6.61 Å². The minimum atomic E-state index is -0.605. The van der Waals surface area contributed by atoms with Crippen molar-refractivity contribution in [2.24, 2.45) is 0 Å². The van der Waals surface area contributed by atoms with Crippen molar-refractivity contribution in [2.45, 2.75) is 6.61 Å². The summed E-state index contributed by atoms with van der Waals surface area (Å²) in [4.78, 5) is 24.4. The summed E-state index contributed by atoms with van der Waals surface area (Å²) in [6.07, 6.45) is 0. The van der Waals surface area contributed by atoms with Gasteiger partial charge >= 0.3 is 0 Å². The fraction of sp³-hybridized carbons (Fsp3) is 0.0476. The highest BCUT2D eigenvalue weighted by atomic mass is 35.5. The Morgan fingerprint density at radius 3 is 2.00 bits per heavy atom. The van der Waals surface area contributed by atoms with Crippen LogP contribution >= 0.6 is 23.2 Å². The second-order valence-electron chi connectivity index (χ2n) is 5.80. The van der Waals surface area contributed by atoms with E-state index in [-0.39, 0.29) is 15.6 Å². The molecule has 3 aromatic carbocycles. The molecule has 0 atom stereocenters. The van der Waals surface area contributed by atoms with E-state index in [0.717, 1.165) is 5.56 Å². The third kappa shape index (κ3) is 5.03. The van der Waals surface area contributed by atoms with Crippen LogP contribution in [0.1, 0.15) is 26.3 Å². The molecule has 0 spiro atoms. The lowest BCUT2D eigenvalue weighted by Gasteiger charge is -2.10. The van der Waals surface area contributed by atoms with Crippen LogP contribution in [0.3, 0.4) is 0 Å². The summed E-state index contributed by atoms with van der Waals surface area (Å²) < 4.78 is 5.68. The number of halogens is 2. The first-order valence-electron chi connectivity index (χ1n) is 8.36. The van der Waals surface area contributed by atoms with Gasteiger partial charge in [-0.1, -0.05) is 59.6 Å². The van der Waals surface area contributed by atoms with Crippen LogP contribution in [0.5, 0.6) is 5.75 Å². The highest BCUT2D eigenvalue weighted by molar-refractivity contribution is 6.39. The quantitative estimate of drug-likeness (QED) is 0.597. The van der Waals surface area contributed by atoms with Crippen LogP contribution in [0.4, 0.5) is 0 Å². The van der Waals surface area contributed by atoms with Crippen LogP contribution in [-0.4, -0.2) is 11.8 Å². The summed E-state index contributed by atoms with van der Waals surface area (Å²) in [5.74, 6) is -0.454. The second-order valence-corrected chi connectivity index (χ2v) is 6.62. The molecule has 0 aromatic heterocycles. The molecule has 2 N–H and O–H groups in total. The van der Waals surface area contributed by atoms with Gasteiger partial charge in [0.1, 0.15) is 12.4 Å². The summed E-state index contributed by atoms with van der Waals surface area (Å²) in [5, 5.41) is 0.387. The van der Waals surface area contributed by atoms with Crippen LogP contribution in [0.15, 0.2) is 72.8 Å². The zero-order valence-corrected chi connectivity index (χ0v) is 16.1. The zero-order valence-electron chi connectivity index (χ0n) is 14.6. The van der Waals surface area contributed by atoms with E-state index in [9.17, 15) is 9.59 Å². The molecule has 28 heavy (non-hydrogen) atoms. The number of carbonyl (C=O) groups is 2. The van der Waals surface area contributed by atoms with Crippen molar-refractivity contribution < 1.29 is 14.3 Å². The van der Waals surface area contributed by atoms with Crippen LogP contribution in [0.25, 0.3) is 0 Å². The number of benzene rings is 3. The molecular weight excluding hydrogens is 399 g/mol. The van der Waals surface area contributed by atoms with Gasteiger partial charge in [-0.3, -0.25) is 20.4 Å². The molecule has 0 unspecified atom stereocenters. The third-order valence-electron chi connectivity index (χ3n) is 3.84. The topological polar surface area (TPSA) is 67.4 Å². The van der Waals surface area contributed by atoms with Gasteiger partial charge in [-0.05, 0) is 42.0 Å². The van der Waals surface area contributed by atoms with Gasteiger partial charge < -0.3 is 4.74 Å². The van der Waals surface area contributed by atoms with Crippen LogP contribution in [0.2, 0.25) is 10.0 Å². The molecule has 0 aliphatic carbocycles. The molecule has 0 saturated heterocycles. The lowest BCUT2D eigenvalue weighted by atomic mass is 10.2. The lowest BCUT2D eigenvalue weighted by molar-refractivity contribution is 0.0847. The highest BCUT2D eigenvalue weighted by Crippen LogP contribution is 2.23. The van der Waals surface area contributed by atoms with E-state index in [4.69, 9.17) is 27.9 Å². The minimum Gasteiger partial charge on any atom is -0.489 e. The Hall–Kier alpha value is -3.02. The van der Waals surface area contributed by atoms with E-state index < -0.39 is 11.8 Å². The lowest BCUT2D eigenvalue weighted by Crippen LogP contribution is -2.41. The average Bonchev–Trinajstić information content (AvgIpc) is 2.71. The largest absolute Gasteiger partial charge is 0.489 e. The van der Waals surface area contributed by atoms with E-state index in [1.165, 1.54) is 0 Å². The summed E-state index contributed by atoms with van der Waals surface area (Å²) in [6, 6.07) is 21.0. The first kappa shape index (κ1) is 19.7. The second kappa shape index (κ2) is 9.26. The third-order valence-corrected chi connectivity index (χ3v) is 4.47. The summed E-state index contributed by atoms with van der Waals surface area (Å²) in [5.41, 5.74) is 6.13. The maximum atomic E-state index is 12.2. The standard InChI is InChI=1S/C21H16Cl2N2O3/c22-17-7-4-8-18(23)19(17)21(27)25-24-20(26)15-9-11-16(12-10-15)28-13-14-5-2-1-3-6-14/h1-12H,13H2,(H,24,26)(H,25,27). The Bertz CT molecular complexity index is 956. The fourth-order valence-electron chi connectivity index (χ4n) is 2.41. The highest BCUT2D eigenvalue weighted by Gasteiger charge is 2.15. The van der Waals surface area contributed by atoms with E-state index in [0.29, 0.717) is 17.9 Å². The number of carbonyl (C=O) groups excluding carboxylic acids is 2. The normalized spacial score (nSPS) is 10.2. The zero-order chi connectivity index (χ0) is 19.9. The van der Waals surface area contributed by atoms with E-state index >= 15 is 0 Å². The Labute approximate surface area is 172 Å². The van der Waals surface area contributed by atoms with Crippen molar-refractivity contribution in [3.05, 3.63) is 99.5 Å². The molecule has 0 bridgehead atoms. The molecule has 142 valence electrons. The summed E-state index contributed by atoms with van der Waals surface area (Å²) in [6.45, 7) is 0.432. The summed E-state index contributed by atoms with van der Waals surface area (Å²) >= 11 is 12.0. The number of hydrogen-bond acceptors (Lipinski definition) is 3. The van der Waals surface area contributed by atoms with Gasteiger partial charge in [-0.15, -0.1) is 0 Å². The van der Waals surface area contributed by atoms with Gasteiger partial charge in [0.15, 0.2) is 0 Å². The van der Waals surface area contributed by atoms with E-state index in [1.54, 1.807) is 42.5 Å². The van der Waals surface area contributed by atoms with Gasteiger partial charge in [0, 0.05) is 5.56 Å². The molecule has 3 rings (SSSR count). The molecule has 0 heterocycles. The Morgan fingerprint density at radius 1 is 0.750 bits per heavy atom. The first-order chi connectivity index (χ1) is 13.5. The predicted octanol–water partition coefficient (Wildman–Crippen LogP) is 4.65. The van der Waals surface area contributed by atoms with Crippen molar-refractivity contribution in [1.29, 1.82) is 0 Å². The molecule has 0 fully saturated rings. The van der Waals surface area contributed by atoms with Gasteiger partial charge in [0.05, 0.1) is 15.6 Å². The van der Waals surface area contributed by atoms with Crippen molar-refractivity contribution in [1.82, 2.24) is 10.9 Å². The van der Waals surface area contributed by atoms with Gasteiger partial charge in [-0.25, -0.2) is 0 Å². The van der Waals surface area contributed by atoms with Crippen molar-refractivity contribution in [3.63, 3.8) is 0 Å². The Balaban J connectivity index is 1.55. The maximum absolute atomic E-state index is 12.2. The van der Waals surface area contributed by atoms with Gasteiger partial charge in [0.25, 0.3) is 11.8 Å².